The summed E-state index contributed by atoms with van der Waals surface area (Å²) >= 11 is 0. The summed E-state index contributed by atoms with van der Waals surface area (Å²) in [5, 5.41) is 11.3. The predicted molar refractivity (Wildman–Crippen MR) is 60.7 cm³/mol. The third-order valence-electron chi connectivity index (χ3n) is 2.38. The number of ether oxygens (including phenoxy) is 1. The lowest BCUT2D eigenvalue weighted by Crippen LogP contribution is -2.25. The first-order chi connectivity index (χ1) is 8.12. The van der Waals surface area contributed by atoms with Gasteiger partial charge in [0.15, 0.2) is 11.6 Å². The van der Waals surface area contributed by atoms with Gasteiger partial charge in [0.2, 0.25) is 0 Å². The zero-order chi connectivity index (χ0) is 12.8. The molecule has 5 heteroatoms. The fraction of sp³-hybridized carbons (Fsp3) is 0.417. The monoisotopic (exact) mass is 240 g/mol. The van der Waals surface area contributed by atoms with Crippen LogP contribution in [0.3, 0.4) is 0 Å². The largest absolute Gasteiger partial charge is 0.383 e. The van der Waals surface area contributed by atoms with E-state index in [4.69, 9.17) is 10.00 Å². The minimum absolute atomic E-state index is 0.0367. The molecule has 1 unspecified atom stereocenters. The minimum atomic E-state index is -0.767. The maximum absolute atomic E-state index is 13.5. The molecule has 0 spiro atoms. The molecule has 0 saturated carbocycles. The summed E-state index contributed by atoms with van der Waals surface area (Å²) in [4.78, 5) is 0. The van der Waals surface area contributed by atoms with Gasteiger partial charge >= 0.3 is 0 Å². The Kier molecular flexibility index (Phi) is 4.85. The molecule has 0 radical (unpaired) electrons. The molecule has 0 bridgehead atoms. The highest BCUT2D eigenvalue weighted by Crippen LogP contribution is 2.21. The van der Waals surface area contributed by atoms with Crippen LogP contribution in [0.25, 0.3) is 0 Å². The second-order valence-electron chi connectivity index (χ2n) is 3.63. The molecular formula is C12H14F2N2O. The molecule has 0 aliphatic heterocycles. The van der Waals surface area contributed by atoms with Gasteiger partial charge in [-0.15, -0.1) is 0 Å². The molecule has 1 atom stereocenters. The lowest BCUT2D eigenvalue weighted by atomic mass is 10.1. The number of hydrogen-bond acceptors (Lipinski definition) is 3. The Morgan fingerprint density at radius 2 is 2.00 bits per heavy atom. The summed E-state index contributed by atoms with van der Waals surface area (Å²) in [5.41, 5.74) is -0.252. The second-order valence-corrected chi connectivity index (χ2v) is 3.63. The summed E-state index contributed by atoms with van der Waals surface area (Å²) in [6, 6.07) is 3.54. The van der Waals surface area contributed by atoms with Crippen molar-refractivity contribution in [1.29, 1.82) is 5.26 Å². The van der Waals surface area contributed by atoms with Crippen LogP contribution >= 0.6 is 0 Å². The van der Waals surface area contributed by atoms with Crippen LogP contribution in [0, 0.1) is 23.0 Å². The quantitative estimate of drug-likeness (QED) is 0.860. The normalized spacial score (nSPS) is 11.9. The van der Waals surface area contributed by atoms with Crippen LogP contribution in [0.2, 0.25) is 0 Å². The van der Waals surface area contributed by atoms with E-state index in [0.29, 0.717) is 13.0 Å². The van der Waals surface area contributed by atoms with Gasteiger partial charge in [-0.2, -0.15) is 5.26 Å². The molecule has 3 nitrogen and oxygen atoms in total. The minimum Gasteiger partial charge on any atom is -0.383 e. The van der Waals surface area contributed by atoms with E-state index in [9.17, 15) is 8.78 Å². The van der Waals surface area contributed by atoms with E-state index in [1.807, 2.05) is 6.92 Å². The molecule has 0 aliphatic rings. The van der Waals surface area contributed by atoms with Gasteiger partial charge in [-0.3, -0.25) is 0 Å². The highest BCUT2D eigenvalue weighted by atomic mass is 19.1. The lowest BCUT2D eigenvalue weighted by molar-refractivity contribution is 0.184. The van der Waals surface area contributed by atoms with E-state index in [0.717, 1.165) is 12.1 Å². The molecule has 17 heavy (non-hydrogen) atoms. The molecule has 1 rings (SSSR count). The Labute approximate surface area is 99.0 Å². The molecule has 1 N–H and O–H groups in total. The van der Waals surface area contributed by atoms with E-state index in [-0.39, 0.29) is 17.3 Å². The van der Waals surface area contributed by atoms with Gasteiger partial charge in [-0.05, 0) is 18.6 Å². The maximum Gasteiger partial charge on any atom is 0.150 e. The molecule has 0 amide bonds. The summed E-state index contributed by atoms with van der Waals surface area (Å²) in [7, 11) is 1.52. The van der Waals surface area contributed by atoms with Gasteiger partial charge in [0.1, 0.15) is 5.69 Å². The van der Waals surface area contributed by atoms with Crippen molar-refractivity contribution in [3.05, 3.63) is 29.3 Å². The fourth-order valence-corrected chi connectivity index (χ4v) is 1.44. The van der Waals surface area contributed by atoms with Gasteiger partial charge in [0.25, 0.3) is 0 Å². The average molecular weight is 240 g/mol. The standard InChI is InChI=1S/C12H14F2N2O/c1-3-9(7-17-2)16-12-10(13)4-8(6-15)5-11(12)14/h4-5,9,16H,3,7H2,1-2H3. The summed E-state index contributed by atoms with van der Waals surface area (Å²) in [5.74, 6) is -1.53. The summed E-state index contributed by atoms with van der Waals surface area (Å²) in [6.45, 7) is 2.24. The Hall–Kier alpha value is -1.67. The van der Waals surface area contributed by atoms with Gasteiger partial charge in [-0.1, -0.05) is 6.92 Å². The maximum atomic E-state index is 13.5. The van der Waals surface area contributed by atoms with E-state index in [1.165, 1.54) is 7.11 Å². The Bertz CT molecular complexity index is 406. The summed E-state index contributed by atoms with van der Waals surface area (Å²) in [6.07, 6.45) is 0.673. The molecule has 0 fully saturated rings. The van der Waals surface area contributed by atoms with Crippen molar-refractivity contribution in [2.75, 3.05) is 19.0 Å². The number of nitrogens with zero attached hydrogens (tertiary/aromatic N) is 1. The zero-order valence-corrected chi connectivity index (χ0v) is 9.76. The number of anilines is 1. The molecule has 0 saturated heterocycles. The van der Waals surface area contributed by atoms with Gasteiger partial charge in [0, 0.05) is 13.2 Å². The Morgan fingerprint density at radius 3 is 2.41 bits per heavy atom. The van der Waals surface area contributed by atoms with E-state index in [1.54, 1.807) is 6.07 Å². The van der Waals surface area contributed by atoms with Gasteiger partial charge < -0.3 is 10.1 Å². The van der Waals surface area contributed by atoms with Crippen molar-refractivity contribution >= 4 is 5.69 Å². The van der Waals surface area contributed by atoms with Crippen LogP contribution in [0.15, 0.2) is 12.1 Å². The van der Waals surface area contributed by atoms with Crippen molar-refractivity contribution in [3.63, 3.8) is 0 Å². The topological polar surface area (TPSA) is 45.0 Å². The van der Waals surface area contributed by atoms with Crippen LogP contribution in [-0.4, -0.2) is 19.8 Å². The average Bonchev–Trinajstić information content (AvgIpc) is 2.31. The van der Waals surface area contributed by atoms with Crippen molar-refractivity contribution in [3.8, 4) is 6.07 Å². The number of benzene rings is 1. The Morgan fingerprint density at radius 1 is 1.41 bits per heavy atom. The van der Waals surface area contributed by atoms with Crippen molar-refractivity contribution < 1.29 is 13.5 Å². The smallest absolute Gasteiger partial charge is 0.150 e. The van der Waals surface area contributed by atoms with Crippen molar-refractivity contribution in [1.82, 2.24) is 0 Å². The first-order valence-electron chi connectivity index (χ1n) is 5.27. The van der Waals surface area contributed by atoms with Gasteiger partial charge in [0.05, 0.1) is 18.2 Å². The molecule has 1 aromatic rings. The first kappa shape index (κ1) is 13.4. The van der Waals surface area contributed by atoms with Crippen LogP contribution in [0.4, 0.5) is 14.5 Å². The van der Waals surface area contributed by atoms with Gasteiger partial charge in [-0.25, -0.2) is 8.78 Å². The SMILES string of the molecule is CCC(COC)Nc1c(F)cc(C#N)cc1F. The van der Waals surface area contributed by atoms with Crippen LogP contribution in [0.5, 0.6) is 0 Å². The fourth-order valence-electron chi connectivity index (χ4n) is 1.44. The van der Waals surface area contributed by atoms with Crippen molar-refractivity contribution in [2.45, 2.75) is 19.4 Å². The number of nitriles is 1. The third-order valence-corrected chi connectivity index (χ3v) is 2.38. The lowest BCUT2D eigenvalue weighted by Gasteiger charge is -2.18. The molecule has 1 aromatic carbocycles. The number of hydrogen-bond donors (Lipinski definition) is 1. The van der Waals surface area contributed by atoms with Crippen molar-refractivity contribution in [2.24, 2.45) is 0 Å². The Balaban J connectivity index is 2.95. The van der Waals surface area contributed by atoms with Crippen LogP contribution in [0.1, 0.15) is 18.9 Å². The highest BCUT2D eigenvalue weighted by molar-refractivity contribution is 5.50. The molecule has 92 valence electrons. The zero-order valence-electron chi connectivity index (χ0n) is 9.76. The number of rotatable bonds is 5. The van der Waals surface area contributed by atoms with E-state index in [2.05, 4.69) is 5.32 Å². The van der Waals surface area contributed by atoms with Crippen LogP contribution in [-0.2, 0) is 4.74 Å². The number of nitrogens with one attached hydrogen (secondary N) is 1. The molecule has 0 aromatic heterocycles. The predicted octanol–water partition coefficient (Wildman–Crippen LogP) is 2.67. The van der Waals surface area contributed by atoms with E-state index < -0.39 is 11.6 Å². The number of methoxy groups -OCH3 is 1. The number of halogens is 2. The molecule has 0 aliphatic carbocycles. The second kappa shape index (κ2) is 6.16. The van der Waals surface area contributed by atoms with E-state index >= 15 is 0 Å². The first-order valence-corrected chi connectivity index (χ1v) is 5.27. The van der Waals surface area contributed by atoms with Crippen LogP contribution < -0.4 is 5.32 Å². The summed E-state index contributed by atoms with van der Waals surface area (Å²) < 4.78 is 32.0. The highest BCUT2D eigenvalue weighted by Gasteiger charge is 2.14. The molecule has 0 heterocycles. The third kappa shape index (κ3) is 3.40. The molecular weight excluding hydrogens is 226 g/mol.